The highest BCUT2D eigenvalue weighted by Crippen LogP contribution is 2.23. The van der Waals surface area contributed by atoms with Crippen LogP contribution < -0.4 is 5.32 Å². The fourth-order valence-electron chi connectivity index (χ4n) is 1.73. The summed E-state index contributed by atoms with van der Waals surface area (Å²) in [6.45, 7) is 4.94. The zero-order valence-electron chi connectivity index (χ0n) is 10.5. The van der Waals surface area contributed by atoms with Gasteiger partial charge >= 0.3 is 0 Å². The van der Waals surface area contributed by atoms with Gasteiger partial charge in [0.1, 0.15) is 12.1 Å². The summed E-state index contributed by atoms with van der Waals surface area (Å²) in [6, 6.07) is 11.5. The molecule has 4 heteroatoms. The van der Waals surface area contributed by atoms with Gasteiger partial charge in [0, 0.05) is 18.0 Å². The number of benzene rings is 1. The first-order valence-electron chi connectivity index (χ1n) is 5.85. The third-order valence-electron chi connectivity index (χ3n) is 2.90. The van der Waals surface area contributed by atoms with Crippen molar-refractivity contribution in [3.8, 4) is 0 Å². The van der Waals surface area contributed by atoms with Crippen molar-refractivity contribution in [2.24, 2.45) is 0 Å². The van der Waals surface area contributed by atoms with Crippen LogP contribution in [-0.4, -0.2) is 16.5 Å². The quantitative estimate of drug-likeness (QED) is 0.841. The first-order valence-corrected chi connectivity index (χ1v) is 5.85. The van der Waals surface area contributed by atoms with E-state index in [2.05, 4.69) is 41.3 Å². The minimum absolute atomic E-state index is 0.0529. The normalized spacial score (nSPS) is 11.3. The third kappa shape index (κ3) is 3.03. The second-order valence-corrected chi connectivity index (χ2v) is 4.83. The van der Waals surface area contributed by atoms with Gasteiger partial charge in [0.25, 0.3) is 0 Å². The lowest BCUT2D eigenvalue weighted by atomic mass is 9.85. The fraction of sp³-hybridized carbons (Fsp3) is 0.286. The summed E-state index contributed by atoms with van der Waals surface area (Å²) in [5.74, 6) is -0.0171. The predicted octanol–water partition coefficient (Wildman–Crippen LogP) is 3.01. The van der Waals surface area contributed by atoms with Crippen molar-refractivity contribution < 1.29 is 4.39 Å². The molecule has 0 aliphatic heterocycles. The molecule has 0 unspecified atom stereocenters. The Balaban J connectivity index is 2.05. The average Bonchev–Trinajstić information content (AvgIpc) is 2.38. The molecular formula is C14H16FN3. The van der Waals surface area contributed by atoms with E-state index in [-0.39, 0.29) is 5.41 Å². The standard InChI is InChI=1S/C14H16FN3/c1-14(2,11-6-4-3-5-7-11)9-16-13-8-12(15)17-10-18-13/h3-8,10H,9H2,1-2H3,(H,16,17,18). The predicted molar refractivity (Wildman–Crippen MR) is 69.9 cm³/mol. The van der Waals surface area contributed by atoms with Crippen LogP contribution in [-0.2, 0) is 5.41 Å². The average molecular weight is 245 g/mol. The summed E-state index contributed by atoms with van der Waals surface area (Å²) in [4.78, 5) is 7.40. The van der Waals surface area contributed by atoms with Crippen LogP contribution in [0.3, 0.4) is 0 Å². The zero-order valence-corrected chi connectivity index (χ0v) is 10.5. The summed E-state index contributed by atoms with van der Waals surface area (Å²) < 4.78 is 12.9. The number of hydrogen-bond donors (Lipinski definition) is 1. The molecule has 0 bridgehead atoms. The highest BCUT2D eigenvalue weighted by Gasteiger charge is 2.20. The molecule has 3 nitrogen and oxygen atoms in total. The maximum atomic E-state index is 12.9. The van der Waals surface area contributed by atoms with Crippen molar-refractivity contribution in [2.45, 2.75) is 19.3 Å². The lowest BCUT2D eigenvalue weighted by Crippen LogP contribution is -2.27. The molecule has 0 saturated heterocycles. The van der Waals surface area contributed by atoms with Gasteiger partial charge in [-0.25, -0.2) is 9.97 Å². The van der Waals surface area contributed by atoms with E-state index < -0.39 is 5.95 Å². The molecule has 0 aliphatic carbocycles. The zero-order chi connectivity index (χ0) is 13.0. The van der Waals surface area contributed by atoms with E-state index in [0.717, 1.165) is 0 Å². The van der Waals surface area contributed by atoms with Gasteiger partial charge in [-0.05, 0) is 5.56 Å². The maximum absolute atomic E-state index is 12.9. The van der Waals surface area contributed by atoms with Crippen LogP contribution >= 0.6 is 0 Å². The lowest BCUT2D eigenvalue weighted by Gasteiger charge is -2.25. The monoisotopic (exact) mass is 245 g/mol. The van der Waals surface area contributed by atoms with E-state index in [4.69, 9.17) is 0 Å². The number of halogens is 1. The second kappa shape index (κ2) is 5.12. The number of aromatic nitrogens is 2. The molecule has 18 heavy (non-hydrogen) atoms. The highest BCUT2D eigenvalue weighted by molar-refractivity contribution is 5.35. The molecule has 2 aromatic rings. The Morgan fingerprint density at radius 2 is 1.89 bits per heavy atom. The molecule has 0 atom stereocenters. The Kier molecular flexibility index (Phi) is 3.55. The Morgan fingerprint density at radius 3 is 2.56 bits per heavy atom. The van der Waals surface area contributed by atoms with Gasteiger partial charge in [-0.3, -0.25) is 0 Å². The van der Waals surface area contributed by atoms with E-state index in [1.54, 1.807) is 0 Å². The van der Waals surface area contributed by atoms with E-state index in [9.17, 15) is 4.39 Å². The van der Waals surface area contributed by atoms with Crippen molar-refractivity contribution in [1.82, 2.24) is 9.97 Å². The topological polar surface area (TPSA) is 37.8 Å². The van der Waals surface area contributed by atoms with E-state index in [1.165, 1.54) is 18.0 Å². The Morgan fingerprint density at radius 1 is 1.17 bits per heavy atom. The largest absolute Gasteiger partial charge is 0.369 e. The Hall–Kier alpha value is -1.97. The summed E-state index contributed by atoms with van der Waals surface area (Å²) in [7, 11) is 0. The van der Waals surface area contributed by atoms with E-state index in [1.807, 2.05) is 18.2 Å². The van der Waals surface area contributed by atoms with Gasteiger partial charge in [-0.2, -0.15) is 4.39 Å². The molecular weight excluding hydrogens is 229 g/mol. The molecule has 2 rings (SSSR count). The van der Waals surface area contributed by atoms with Crippen molar-refractivity contribution in [3.05, 3.63) is 54.2 Å². The lowest BCUT2D eigenvalue weighted by molar-refractivity contribution is 0.553. The van der Waals surface area contributed by atoms with Crippen LogP contribution in [0, 0.1) is 5.95 Å². The molecule has 0 spiro atoms. The first-order chi connectivity index (χ1) is 8.58. The molecule has 0 radical (unpaired) electrons. The second-order valence-electron chi connectivity index (χ2n) is 4.83. The van der Waals surface area contributed by atoms with Crippen LogP contribution in [0.1, 0.15) is 19.4 Å². The molecule has 1 N–H and O–H groups in total. The summed E-state index contributed by atoms with van der Waals surface area (Å²) in [5, 5.41) is 3.13. The van der Waals surface area contributed by atoms with Gasteiger partial charge in [-0.1, -0.05) is 44.2 Å². The molecule has 94 valence electrons. The van der Waals surface area contributed by atoms with Crippen molar-refractivity contribution in [3.63, 3.8) is 0 Å². The van der Waals surface area contributed by atoms with Gasteiger partial charge in [-0.15, -0.1) is 0 Å². The molecule has 0 saturated carbocycles. The minimum Gasteiger partial charge on any atom is -0.369 e. The Bertz CT molecular complexity index is 511. The molecule has 1 aromatic carbocycles. The summed E-state index contributed by atoms with van der Waals surface area (Å²) in [5.41, 5.74) is 1.18. The molecule has 0 aliphatic rings. The highest BCUT2D eigenvalue weighted by atomic mass is 19.1. The fourth-order valence-corrected chi connectivity index (χ4v) is 1.73. The van der Waals surface area contributed by atoms with Crippen LogP contribution in [0.5, 0.6) is 0 Å². The SMILES string of the molecule is CC(C)(CNc1cc(F)ncn1)c1ccccc1. The van der Waals surface area contributed by atoms with Crippen LogP contribution in [0.15, 0.2) is 42.7 Å². The molecule has 0 fully saturated rings. The smallest absolute Gasteiger partial charge is 0.217 e. The van der Waals surface area contributed by atoms with Gasteiger partial charge in [0.15, 0.2) is 0 Å². The van der Waals surface area contributed by atoms with Crippen molar-refractivity contribution in [2.75, 3.05) is 11.9 Å². The minimum atomic E-state index is -0.523. The molecule has 1 aromatic heterocycles. The molecule has 0 amide bonds. The van der Waals surface area contributed by atoms with Gasteiger partial charge in [0.2, 0.25) is 5.95 Å². The maximum Gasteiger partial charge on any atom is 0.217 e. The third-order valence-corrected chi connectivity index (χ3v) is 2.90. The van der Waals surface area contributed by atoms with Crippen LogP contribution in [0.2, 0.25) is 0 Å². The summed E-state index contributed by atoms with van der Waals surface area (Å²) >= 11 is 0. The van der Waals surface area contributed by atoms with Crippen molar-refractivity contribution >= 4 is 5.82 Å². The van der Waals surface area contributed by atoms with Gasteiger partial charge < -0.3 is 5.32 Å². The van der Waals surface area contributed by atoms with Crippen LogP contribution in [0.4, 0.5) is 10.2 Å². The van der Waals surface area contributed by atoms with Crippen molar-refractivity contribution in [1.29, 1.82) is 0 Å². The molecule has 1 heterocycles. The van der Waals surface area contributed by atoms with Gasteiger partial charge in [0.05, 0.1) is 0 Å². The van der Waals surface area contributed by atoms with E-state index >= 15 is 0 Å². The number of nitrogens with zero attached hydrogens (tertiary/aromatic N) is 2. The van der Waals surface area contributed by atoms with E-state index in [0.29, 0.717) is 12.4 Å². The summed E-state index contributed by atoms with van der Waals surface area (Å²) in [6.07, 6.45) is 1.22. The Labute approximate surface area is 106 Å². The first kappa shape index (κ1) is 12.5. The number of nitrogens with one attached hydrogen (secondary N) is 1. The number of hydrogen-bond acceptors (Lipinski definition) is 3. The number of rotatable bonds is 4. The van der Waals surface area contributed by atoms with Crippen LogP contribution in [0.25, 0.3) is 0 Å². The number of anilines is 1.